The summed E-state index contributed by atoms with van der Waals surface area (Å²) in [6.45, 7) is 0. The molecule has 2 heterocycles. The first-order chi connectivity index (χ1) is 15.3. The van der Waals surface area contributed by atoms with Gasteiger partial charge >= 0.3 is 0 Å². The molecular weight excluding hydrogens is 388 g/mol. The third kappa shape index (κ3) is 4.25. The van der Waals surface area contributed by atoms with Crippen molar-refractivity contribution in [1.82, 2.24) is 25.1 Å². The molecule has 0 aliphatic carbocycles. The number of hydrogen-bond donors (Lipinski definition) is 2. The van der Waals surface area contributed by atoms with E-state index in [-0.39, 0.29) is 0 Å². The Morgan fingerprint density at radius 3 is 2.39 bits per heavy atom. The maximum absolute atomic E-state index is 6.08. The molecule has 5 rings (SSSR count). The quantitative estimate of drug-likeness (QED) is 0.389. The molecule has 0 atom stereocenters. The molecular formula is C24H18N6O. The lowest BCUT2D eigenvalue weighted by Crippen LogP contribution is -1.98. The van der Waals surface area contributed by atoms with Gasteiger partial charge in [0.1, 0.15) is 17.8 Å². The van der Waals surface area contributed by atoms with Gasteiger partial charge in [-0.15, -0.1) is 0 Å². The summed E-state index contributed by atoms with van der Waals surface area (Å²) in [5, 5.41) is 9.98. The number of H-pyrrole nitrogens is 1. The van der Waals surface area contributed by atoms with E-state index in [1.807, 2.05) is 84.9 Å². The molecule has 0 bridgehead atoms. The van der Waals surface area contributed by atoms with Gasteiger partial charge in [-0.05, 0) is 54.6 Å². The summed E-state index contributed by atoms with van der Waals surface area (Å²) in [6.07, 6.45) is 3.22. The summed E-state index contributed by atoms with van der Waals surface area (Å²) >= 11 is 0. The Kier molecular flexibility index (Phi) is 5.05. The van der Waals surface area contributed by atoms with Crippen molar-refractivity contribution in [3.05, 3.63) is 97.5 Å². The van der Waals surface area contributed by atoms with Crippen molar-refractivity contribution in [2.24, 2.45) is 0 Å². The van der Waals surface area contributed by atoms with Gasteiger partial charge in [-0.2, -0.15) is 5.10 Å². The van der Waals surface area contributed by atoms with Crippen LogP contribution in [0.1, 0.15) is 0 Å². The molecule has 0 saturated carbocycles. The second-order valence-corrected chi connectivity index (χ2v) is 6.71. The second-order valence-electron chi connectivity index (χ2n) is 6.71. The van der Waals surface area contributed by atoms with Crippen LogP contribution in [-0.4, -0.2) is 25.1 Å². The van der Waals surface area contributed by atoms with Gasteiger partial charge in [-0.1, -0.05) is 30.3 Å². The minimum absolute atomic E-state index is 0.499. The molecule has 2 N–H and O–H groups in total. The zero-order valence-electron chi connectivity index (χ0n) is 16.4. The molecule has 0 amide bonds. The number of hydrogen-bond acceptors (Lipinski definition) is 6. The average molecular weight is 406 g/mol. The van der Waals surface area contributed by atoms with Crippen LogP contribution in [0.5, 0.6) is 11.5 Å². The summed E-state index contributed by atoms with van der Waals surface area (Å²) < 4.78 is 6.08. The van der Waals surface area contributed by atoms with Crippen LogP contribution in [0.2, 0.25) is 0 Å². The fourth-order valence-electron chi connectivity index (χ4n) is 3.14. The molecule has 0 saturated heterocycles. The maximum atomic E-state index is 6.08. The number of anilines is 2. The van der Waals surface area contributed by atoms with E-state index in [0.717, 1.165) is 39.8 Å². The molecule has 0 unspecified atom stereocenters. The lowest BCUT2D eigenvalue weighted by molar-refractivity contribution is 0.484. The Hall–Kier alpha value is -4.52. The van der Waals surface area contributed by atoms with Gasteiger partial charge in [0.05, 0.1) is 5.69 Å². The molecule has 0 aliphatic heterocycles. The Morgan fingerprint density at radius 2 is 1.58 bits per heavy atom. The van der Waals surface area contributed by atoms with Crippen LogP contribution < -0.4 is 10.1 Å². The molecule has 0 radical (unpaired) electrons. The summed E-state index contributed by atoms with van der Waals surface area (Å²) in [4.78, 5) is 13.2. The van der Waals surface area contributed by atoms with Crippen molar-refractivity contribution in [2.45, 2.75) is 0 Å². The van der Waals surface area contributed by atoms with Crippen LogP contribution in [-0.2, 0) is 0 Å². The van der Waals surface area contributed by atoms with Gasteiger partial charge in [0.2, 0.25) is 5.95 Å². The largest absolute Gasteiger partial charge is 0.457 e. The van der Waals surface area contributed by atoms with E-state index in [0.29, 0.717) is 5.95 Å². The van der Waals surface area contributed by atoms with Crippen LogP contribution in [0.4, 0.5) is 11.6 Å². The molecule has 0 spiro atoms. The zero-order valence-corrected chi connectivity index (χ0v) is 16.4. The van der Waals surface area contributed by atoms with Crippen molar-refractivity contribution >= 4 is 11.6 Å². The van der Waals surface area contributed by atoms with Gasteiger partial charge in [-0.25, -0.2) is 15.0 Å². The van der Waals surface area contributed by atoms with Gasteiger partial charge in [-0.3, -0.25) is 5.10 Å². The number of aromatic nitrogens is 5. The van der Waals surface area contributed by atoms with E-state index in [4.69, 9.17) is 4.74 Å². The lowest BCUT2D eigenvalue weighted by Gasteiger charge is -2.12. The van der Waals surface area contributed by atoms with E-state index in [1.165, 1.54) is 6.33 Å². The molecule has 31 heavy (non-hydrogen) atoms. The SMILES string of the molecule is c1ccc(Oc2ccccc2-c2ccnc(Nc3ccc(-c4ncn[nH]4)cc3)n2)cc1. The number of benzene rings is 3. The van der Waals surface area contributed by atoms with Crippen molar-refractivity contribution < 1.29 is 4.74 Å². The Morgan fingerprint density at radius 1 is 0.774 bits per heavy atom. The maximum Gasteiger partial charge on any atom is 0.227 e. The fourth-order valence-corrected chi connectivity index (χ4v) is 3.14. The van der Waals surface area contributed by atoms with Crippen LogP contribution in [0.15, 0.2) is 97.5 Å². The molecule has 0 aliphatic rings. The summed E-state index contributed by atoms with van der Waals surface area (Å²) in [5.74, 6) is 2.73. The third-order valence-corrected chi connectivity index (χ3v) is 4.62. The predicted octanol–water partition coefficient (Wildman–Crippen LogP) is 5.46. The minimum atomic E-state index is 0.499. The number of para-hydroxylation sites is 2. The highest BCUT2D eigenvalue weighted by Gasteiger charge is 2.10. The average Bonchev–Trinajstić information content (AvgIpc) is 3.36. The summed E-state index contributed by atoms with van der Waals surface area (Å²) in [7, 11) is 0. The number of nitrogens with one attached hydrogen (secondary N) is 2. The van der Waals surface area contributed by atoms with Crippen molar-refractivity contribution in [1.29, 1.82) is 0 Å². The van der Waals surface area contributed by atoms with Crippen LogP contribution >= 0.6 is 0 Å². The molecule has 2 aromatic heterocycles. The Bertz CT molecular complexity index is 1270. The minimum Gasteiger partial charge on any atom is -0.457 e. The molecule has 0 fully saturated rings. The zero-order chi connectivity index (χ0) is 20.9. The fraction of sp³-hybridized carbons (Fsp3) is 0. The summed E-state index contributed by atoms with van der Waals surface area (Å²) in [5.41, 5.74) is 3.47. The van der Waals surface area contributed by atoms with Crippen molar-refractivity contribution in [2.75, 3.05) is 5.32 Å². The van der Waals surface area contributed by atoms with E-state index in [1.54, 1.807) is 6.20 Å². The Labute approximate surface area is 178 Å². The van der Waals surface area contributed by atoms with E-state index in [9.17, 15) is 0 Å². The van der Waals surface area contributed by atoms with E-state index < -0.39 is 0 Å². The highest BCUT2D eigenvalue weighted by molar-refractivity contribution is 5.69. The molecule has 150 valence electrons. The first kappa shape index (κ1) is 18.5. The van der Waals surface area contributed by atoms with Gasteiger partial charge < -0.3 is 10.1 Å². The molecule has 3 aromatic carbocycles. The lowest BCUT2D eigenvalue weighted by atomic mass is 10.1. The second kappa shape index (κ2) is 8.46. The smallest absolute Gasteiger partial charge is 0.227 e. The van der Waals surface area contributed by atoms with Gasteiger partial charge in [0.15, 0.2) is 5.82 Å². The standard InChI is InChI=1S/C24H18N6O/c1-2-6-19(7-3-1)31-22-9-5-4-8-20(22)21-14-15-25-24(29-21)28-18-12-10-17(11-13-18)23-26-16-27-30-23/h1-16H,(H,25,28,29)(H,26,27,30). The van der Waals surface area contributed by atoms with Crippen LogP contribution in [0, 0.1) is 0 Å². The molecule has 7 heteroatoms. The summed E-state index contributed by atoms with van der Waals surface area (Å²) in [6, 6.07) is 27.2. The number of aromatic amines is 1. The molecule has 5 aromatic rings. The van der Waals surface area contributed by atoms with Crippen molar-refractivity contribution in [3.8, 4) is 34.1 Å². The van der Waals surface area contributed by atoms with Crippen molar-refractivity contribution in [3.63, 3.8) is 0 Å². The van der Waals surface area contributed by atoms with Crippen LogP contribution in [0.3, 0.4) is 0 Å². The number of ether oxygens (including phenoxy) is 1. The Balaban J connectivity index is 1.38. The van der Waals surface area contributed by atoms with E-state index >= 15 is 0 Å². The normalized spacial score (nSPS) is 10.6. The number of rotatable bonds is 6. The highest BCUT2D eigenvalue weighted by Crippen LogP contribution is 2.32. The topological polar surface area (TPSA) is 88.6 Å². The third-order valence-electron chi connectivity index (χ3n) is 4.62. The first-order valence-electron chi connectivity index (χ1n) is 9.73. The van der Waals surface area contributed by atoms with Crippen LogP contribution in [0.25, 0.3) is 22.6 Å². The molecule has 7 nitrogen and oxygen atoms in total. The monoisotopic (exact) mass is 406 g/mol. The van der Waals surface area contributed by atoms with E-state index in [2.05, 4.69) is 30.5 Å². The number of nitrogens with zero attached hydrogens (tertiary/aromatic N) is 4. The van der Waals surface area contributed by atoms with Gasteiger partial charge in [0, 0.05) is 23.0 Å². The highest BCUT2D eigenvalue weighted by atomic mass is 16.5. The first-order valence-corrected chi connectivity index (χ1v) is 9.73. The van der Waals surface area contributed by atoms with Gasteiger partial charge in [0.25, 0.3) is 0 Å². The predicted molar refractivity (Wildman–Crippen MR) is 119 cm³/mol.